The molecule has 22 heavy (non-hydrogen) atoms. The van der Waals surface area contributed by atoms with E-state index in [2.05, 4.69) is 36.3 Å². The molecule has 124 valence electrons. The highest BCUT2D eigenvalue weighted by atomic mass is 16.5. The number of carbonyl (C=O) groups is 1. The Hall–Kier alpha value is -1.47. The average molecular weight is 310 g/mol. The fourth-order valence-electron chi connectivity index (χ4n) is 2.36. The van der Waals surface area contributed by atoms with Gasteiger partial charge in [0.25, 0.3) is 0 Å². The summed E-state index contributed by atoms with van der Waals surface area (Å²) in [6, 6.07) is 0. The van der Waals surface area contributed by atoms with Gasteiger partial charge in [0.15, 0.2) is 0 Å². The maximum atomic E-state index is 12.2. The van der Waals surface area contributed by atoms with E-state index in [9.17, 15) is 4.79 Å². The van der Waals surface area contributed by atoms with Gasteiger partial charge >= 0.3 is 0 Å². The van der Waals surface area contributed by atoms with Crippen LogP contribution in [0.3, 0.4) is 0 Å². The first-order valence-electron chi connectivity index (χ1n) is 7.77. The van der Waals surface area contributed by atoms with Crippen molar-refractivity contribution >= 4 is 5.91 Å². The molecule has 1 saturated heterocycles. The summed E-state index contributed by atoms with van der Waals surface area (Å²) in [6.07, 6.45) is 2.25. The van der Waals surface area contributed by atoms with Gasteiger partial charge in [0, 0.05) is 25.6 Å². The van der Waals surface area contributed by atoms with E-state index >= 15 is 0 Å². The van der Waals surface area contributed by atoms with Crippen molar-refractivity contribution in [2.24, 2.45) is 0 Å². The normalized spacial score (nSPS) is 18.9. The summed E-state index contributed by atoms with van der Waals surface area (Å²) in [5.41, 5.74) is -0.177. The van der Waals surface area contributed by atoms with Gasteiger partial charge in [-0.1, -0.05) is 0 Å². The molecule has 7 nitrogen and oxygen atoms in total. The molecule has 1 fully saturated rings. The topological polar surface area (TPSA) is 80.5 Å². The third-order valence-electron chi connectivity index (χ3n) is 3.73. The second kappa shape index (κ2) is 7.19. The van der Waals surface area contributed by atoms with Crippen molar-refractivity contribution in [2.75, 3.05) is 19.7 Å². The molecule has 1 unspecified atom stereocenters. The Morgan fingerprint density at radius 2 is 2.18 bits per heavy atom. The lowest BCUT2D eigenvalue weighted by Crippen LogP contribution is -2.47. The molecule has 0 spiro atoms. The standard InChI is InChI=1S/C15H26N4O3/c1-11-17-18-14(22-11)10-19(15(2,3)4)9-13(20)16-8-12-6-5-7-21-12/h12H,5-10H2,1-4H3,(H,16,20). The Labute approximate surface area is 131 Å². The van der Waals surface area contributed by atoms with Crippen LogP contribution in [0.1, 0.15) is 45.4 Å². The van der Waals surface area contributed by atoms with E-state index in [1.807, 2.05) is 4.90 Å². The van der Waals surface area contributed by atoms with E-state index in [-0.39, 0.29) is 24.1 Å². The number of amides is 1. The molecule has 7 heteroatoms. The molecule has 0 saturated carbocycles. The Kier molecular flexibility index (Phi) is 5.52. The number of hydrogen-bond acceptors (Lipinski definition) is 6. The molecule has 2 rings (SSSR count). The Morgan fingerprint density at radius 1 is 1.41 bits per heavy atom. The first-order valence-corrected chi connectivity index (χ1v) is 7.77. The first-order chi connectivity index (χ1) is 10.3. The second-order valence-corrected chi connectivity index (χ2v) is 6.68. The molecule has 0 bridgehead atoms. The number of aromatic nitrogens is 2. The molecule has 2 heterocycles. The lowest BCUT2D eigenvalue weighted by Gasteiger charge is -2.34. The minimum atomic E-state index is -0.177. The molecule has 1 amide bonds. The van der Waals surface area contributed by atoms with E-state index in [0.717, 1.165) is 19.4 Å². The number of hydrogen-bond donors (Lipinski definition) is 1. The molecular formula is C15H26N4O3. The zero-order chi connectivity index (χ0) is 16.2. The Balaban J connectivity index is 1.87. The Bertz CT molecular complexity index is 489. The van der Waals surface area contributed by atoms with Gasteiger partial charge in [0.05, 0.1) is 19.2 Å². The van der Waals surface area contributed by atoms with Gasteiger partial charge in [0.2, 0.25) is 17.7 Å². The summed E-state index contributed by atoms with van der Waals surface area (Å²) in [6.45, 7) is 10.1. The maximum Gasteiger partial charge on any atom is 0.234 e. The predicted octanol–water partition coefficient (Wildman–Crippen LogP) is 1.27. The van der Waals surface area contributed by atoms with Crippen LogP contribution in [0, 0.1) is 6.92 Å². The van der Waals surface area contributed by atoms with Gasteiger partial charge in [-0.05, 0) is 33.6 Å². The van der Waals surface area contributed by atoms with Gasteiger partial charge in [-0.25, -0.2) is 0 Å². The van der Waals surface area contributed by atoms with E-state index in [1.54, 1.807) is 6.92 Å². The number of rotatable bonds is 6. The summed E-state index contributed by atoms with van der Waals surface area (Å²) < 4.78 is 10.9. The molecule has 1 aliphatic rings. The maximum absolute atomic E-state index is 12.2. The summed E-state index contributed by atoms with van der Waals surface area (Å²) >= 11 is 0. The molecular weight excluding hydrogens is 284 g/mol. The van der Waals surface area contributed by atoms with Gasteiger partial charge in [0.1, 0.15) is 0 Å². The highest BCUT2D eigenvalue weighted by Gasteiger charge is 2.26. The van der Waals surface area contributed by atoms with E-state index in [4.69, 9.17) is 9.15 Å². The van der Waals surface area contributed by atoms with E-state index in [1.165, 1.54) is 0 Å². The minimum absolute atomic E-state index is 0.0123. The lowest BCUT2D eigenvalue weighted by molar-refractivity contribution is -0.124. The number of carbonyl (C=O) groups excluding carboxylic acids is 1. The zero-order valence-electron chi connectivity index (χ0n) is 13.9. The monoisotopic (exact) mass is 310 g/mol. The summed E-state index contributed by atoms with van der Waals surface area (Å²) in [5.74, 6) is 1.05. The molecule has 0 aliphatic carbocycles. The highest BCUT2D eigenvalue weighted by molar-refractivity contribution is 5.78. The smallest absolute Gasteiger partial charge is 0.234 e. The largest absolute Gasteiger partial charge is 0.424 e. The predicted molar refractivity (Wildman–Crippen MR) is 81.2 cm³/mol. The second-order valence-electron chi connectivity index (χ2n) is 6.68. The molecule has 1 aromatic rings. The number of ether oxygens (including phenoxy) is 1. The molecule has 1 aromatic heterocycles. The lowest BCUT2D eigenvalue weighted by atomic mass is 10.1. The summed E-state index contributed by atoms with van der Waals surface area (Å²) in [7, 11) is 0. The number of nitrogens with one attached hydrogen (secondary N) is 1. The third kappa shape index (κ3) is 5.06. The molecule has 1 atom stereocenters. The van der Waals surface area contributed by atoms with Crippen LogP contribution in [0.4, 0.5) is 0 Å². The van der Waals surface area contributed by atoms with Crippen LogP contribution in [-0.2, 0) is 16.1 Å². The SMILES string of the molecule is Cc1nnc(CN(CC(=O)NCC2CCCO2)C(C)(C)C)o1. The van der Waals surface area contributed by atoms with Crippen molar-refractivity contribution < 1.29 is 13.9 Å². The molecule has 1 N–H and O–H groups in total. The van der Waals surface area contributed by atoms with E-state index < -0.39 is 0 Å². The van der Waals surface area contributed by atoms with Crippen LogP contribution in [-0.4, -0.2) is 52.3 Å². The van der Waals surface area contributed by atoms with Gasteiger partial charge in [-0.2, -0.15) is 0 Å². The van der Waals surface area contributed by atoms with Crippen LogP contribution < -0.4 is 5.32 Å². The average Bonchev–Trinajstić information content (AvgIpc) is 3.06. The molecule has 0 aromatic carbocycles. The van der Waals surface area contributed by atoms with Crippen LogP contribution in [0.2, 0.25) is 0 Å². The fraction of sp³-hybridized carbons (Fsp3) is 0.800. The quantitative estimate of drug-likeness (QED) is 0.852. The highest BCUT2D eigenvalue weighted by Crippen LogP contribution is 2.16. The van der Waals surface area contributed by atoms with Crippen LogP contribution >= 0.6 is 0 Å². The van der Waals surface area contributed by atoms with Crippen LogP contribution in [0.5, 0.6) is 0 Å². The van der Waals surface area contributed by atoms with Crippen molar-refractivity contribution in [1.82, 2.24) is 20.4 Å². The molecule has 0 radical (unpaired) electrons. The van der Waals surface area contributed by atoms with Crippen LogP contribution in [0.25, 0.3) is 0 Å². The van der Waals surface area contributed by atoms with Crippen molar-refractivity contribution in [3.63, 3.8) is 0 Å². The summed E-state index contributed by atoms with van der Waals surface area (Å²) in [4.78, 5) is 14.2. The van der Waals surface area contributed by atoms with Crippen LogP contribution in [0.15, 0.2) is 4.42 Å². The number of aryl methyl sites for hydroxylation is 1. The van der Waals surface area contributed by atoms with Crippen molar-refractivity contribution in [3.8, 4) is 0 Å². The first kappa shape index (κ1) is 16.9. The zero-order valence-corrected chi connectivity index (χ0v) is 13.9. The van der Waals surface area contributed by atoms with Crippen molar-refractivity contribution in [3.05, 3.63) is 11.8 Å². The minimum Gasteiger partial charge on any atom is -0.424 e. The van der Waals surface area contributed by atoms with Gasteiger partial charge < -0.3 is 14.5 Å². The Morgan fingerprint density at radius 3 is 2.73 bits per heavy atom. The van der Waals surface area contributed by atoms with Gasteiger partial charge in [-0.3, -0.25) is 9.69 Å². The third-order valence-corrected chi connectivity index (χ3v) is 3.73. The van der Waals surface area contributed by atoms with Crippen molar-refractivity contribution in [1.29, 1.82) is 0 Å². The van der Waals surface area contributed by atoms with Gasteiger partial charge in [-0.15, -0.1) is 10.2 Å². The van der Waals surface area contributed by atoms with Crippen molar-refractivity contribution in [2.45, 2.75) is 58.7 Å². The molecule has 1 aliphatic heterocycles. The number of nitrogens with zero attached hydrogens (tertiary/aromatic N) is 3. The summed E-state index contributed by atoms with van der Waals surface area (Å²) in [5, 5.41) is 10.8. The fourth-order valence-corrected chi connectivity index (χ4v) is 2.36. The van der Waals surface area contributed by atoms with E-state index in [0.29, 0.717) is 24.9 Å².